The van der Waals surface area contributed by atoms with Crippen LogP contribution in [0.3, 0.4) is 0 Å². The normalized spacial score (nSPS) is 10.8. The molecule has 0 spiro atoms. The molecule has 3 rings (SSSR count). The van der Waals surface area contributed by atoms with Gasteiger partial charge < -0.3 is 9.88 Å². The highest BCUT2D eigenvalue weighted by Crippen LogP contribution is 2.27. The van der Waals surface area contributed by atoms with Gasteiger partial charge in [-0.25, -0.2) is 0 Å². The van der Waals surface area contributed by atoms with Gasteiger partial charge in [0.2, 0.25) is 5.91 Å². The zero-order chi connectivity index (χ0) is 19.4. The zero-order valence-corrected chi connectivity index (χ0v) is 18.0. The maximum absolute atomic E-state index is 12.2. The Hall–Kier alpha value is -1.83. The Morgan fingerprint density at radius 2 is 1.96 bits per heavy atom. The zero-order valence-electron chi connectivity index (χ0n) is 14.9. The number of aromatic nitrogens is 3. The van der Waals surface area contributed by atoms with Gasteiger partial charge in [-0.1, -0.05) is 51.4 Å². The van der Waals surface area contributed by atoms with Crippen LogP contribution in [0.2, 0.25) is 5.02 Å². The van der Waals surface area contributed by atoms with Gasteiger partial charge in [-0.05, 0) is 49.7 Å². The first-order valence-electron chi connectivity index (χ1n) is 8.36. The summed E-state index contributed by atoms with van der Waals surface area (Å²) in [5, 5.41) is 12.8. The van der Waals surface area contributed by atoms with Crippen molar-refractivity contribution in [2.75, 3.05) is 11.1 Å². The Balaban J connectivity index is 1.70. The third-order valence-corrected chi connectivity index (χ3v) is 5.83. The van der Waals surface area contributed by atoms with Crippen LogP contribution in [0.5, 0.6) is 0 Å². The maximum Gasteiger partial charge on any atom is 0.234 e. The maximum atomic E-state index is 12.2. The molecule has 0 aliphatic carbocycles. The minimum atomic E-state index is -0.0899. The number of anilines is 1. The molecule has 1 N–H and O–H groups in total. The second kappa shape index (κ2) is 8.91. The van der Waals surface area contributed by atoms with Crippen LogP contribution in [0, 0.1) is 6.92 Å². The number of benzene rings is 2. The summed E-state index contributed by atoms with van der Waals surface area (Å²) in [6, 6.07) is 13.3. The summed E-state index contributed by atoms with van der Waals surface area (Å²) in [6.07, 6.45) is 0. The molecule has 27 heavy (non-hydrogen) atoms. The van der Waals surface area contributed by atoms with Crippen LogP contribution in [0.25, 0.3) is 11.4 Å². The number of rotatable bonds is 6. The molecule has 0 unspecified atom stereocenters. The largest absolute Gasteiger partial charge is 0.325 e. The van der Waals surface area contributed by atoms with E-state index in [0.29, 0.717) is 16.7 Å². The van der Waals surface area contributed by atoms with E-state index in [1.807, 2.05) is 60.9 Å². The molecule has 0 aliphatic heterocycles. The minimum absolute atomic E-state index is 0.0899. The number of amides is 1. The quantitative estimate of drug-likeness (QED) is 0.494. The van der Waals surface area contributed by atoms with Gasteiger partial charge in [-0.2, -0.15) is 0 Å². The van der Waals surface area contributed by atoms with E-state index in [9.17, 15) is 4.79 Å². The number of halogens is 2. The number of thioether (sulfide) groups is 1. The molecule has 0 saturated carbocycles. The van der Waals surface area contributed by atoms with Gasteiger partial charge in [0, 0.05) is 27.3 Å². The highest BCUT2D eigenvalue weighted by atomic mass is 79.9. The van der Waals surface area contributed by atoms with Crippen LogP contribution in [0.15, 0.2) is 52.1 Å². The van der Waals surface area contributed by atoms with Crippen molar-refractivity contribution in [2.24, 2.45) is 0 Å². The summed E-state index contributed by atoms with van der Waals surface area (Å²) in [7, 11) is 0. The average molecular weight is 466 g/mol. The summed E-state index contributed by atoms with van der Waals surface area (Å²) in [6.45, 7) is 4.68. The Morgan fingerprint density at radius 3 is 2.63 bits per heavy atom. The molecule has 1 amide bonds. The van der Waals surface area contributed by atoms with Gasteiger partial charge >= 0.3 is 0 Å². The Bertz CT molecular complexity index is 959. The molecule has 5 nitrogen and oxygen atoms in total. The van der Waals surface area contributed by atoms with Crippen molar-refractivity contribution >= 4 is 50.9 Å². The molecule has 0 bridgehead atoms. The third kappa shape index (κ3) is 4.91. The van der Waals surface area contributed by atoms with Crippen LogP contribution in [-0.4, -0.2) is 26.4 Å². The van der Waals surface area contributed by atoms with Crippen LogP contribution >= 0.6 is 39.3 Å². The smallest absolute Gasteiger partial charge is 0.234 e. The lowest BCUT2D eigenvalue weighted by Crippen LogP contribution is -2.14. The summed E-state index contributed by atoms with van der Waals surface area (Å²) < 4.78 is 2.95. The number of nitrogens with one attached hydrogen (secondary N) is 1. The molecule has 8 heteroatoms. The first-order chi connectivity index (χ1) is 13.0. The van der Waals surface area contributed by atoms with E-state index in [0.717, 1.165) is 27.1 Å². The minimum Gasteiger partial charge on any atom is -0.325 e. The first kappa shape index (κ1) is 19.9. The topological polar surface area (TPSA) is 59.8 Å². The molecule has 1 heterocycles. The molecule has 1 aromatic heterocycles. The molecule has 0 atom stereocenters. The SMILES string of the molecule is CCn1c(SCC(=O)Nc2ccc(Br)cc2)nnc1-c1ccc(C)c(Cl)c1. The second-order valence-electron chi connectivity index (χ2n) is 5.86. The highest BCUT2D eigenvalue weighted by Gasteiger charge is 2.15. The summed E-state index contributed by atoms with van der Waals surface area (Å²) in [5.41, 5.74) is 2.68. The van der Waals surface area contributed by atoms with Gasteiger partial charge in [0.05, 0.1) is 5.75 Å². The standard InChI is InChI=1S/C19H18BrClN4OS/c1-3-25-18(13-5-4-12(2)16(21)10-13)23-24-19(25)27-11-17(26)22-15-8-6-14(20)7-9-15/h4-10H,3,11H2,1-2H3,(H,22,26). The molecule has 0 aliphatic rings. The number of hydrogen-bond acceptors (Lipinski definition) is 4. The Kier molecular flexibility index (Phi) is 6.57. The van der Waals surface area contributed by atoms with E-state index in [1.165, 1.54) is 11.8 Å². The van der Waals surface area contributed by atoms with Crippen molar-refractivity contribution in [1.29, 1.82) is 0 Å². The molecule has 2 aromatic carbocycles. The van der Waals surface area contributed by atoms with Gasteiger partial charge in [0.15, 0.2) is 11.0 Å². The van der Waals surface area contributed by atoms with Crippen LogP contribution in [0.1, 0.15) is 12.5 Å². The molecule has 0 radical (unpaired) electrons. The molecule has 0 fully saturated rings. The van der Waals surface area contributed by atoms with E-state index in [1.54, 1.807) is 0 Å². The van der Waals surface area contributed by atoms with E-state index >= 15 is 0 Å². The fraction of sp³-hybridized carbons (Fsp3) is 0.211. The van der Waals surface area contributed by atoms with Gasteiger partial charge in [0.25, 0.3) is 0 Å². The average Bonchev–Trinajstić information content (AvgIpc) is 3.07. The van der Waals surface area contributed by atoms with Gasteiger partial charge in [-0.3, -0.25) is 4.79 Å². The van der Waals surface area contributed by atoms with Crippen molar-refractivity contribution in [3.63, 3.8) is 0 Å². The monoisotopic (exact) mass is 464 g/mol. The number of carbonyl (C=O) groups is 1. The lowest BCUT2D eigenvalue weighted by molar-refractivity contribution is -0.113. The first-order valence-corrected chi connectivity index (χ1v) is 10.5. The van der Waals surface area contributed by atoms with Crippen LogP contribution < -0.4 is 5.32 Å². The van der Waals surface area contributed by atoms with Crippen molar-refractivity contribution in [3.05, 3.63) is 57.5 Å². The fourth-order valence-corrected chi connectivity index (χ4v) is 3.73. The van der Waals surface area contributed by atoms with E-state index in [2.05, 4.69) is 31.4 Å². The van der Waals surface area contributed by atoms with Crippen molar-refractivity contribution in [1.82, 2.24) is 14.8 Å². The predicted octanol–water partition coefficient (Wildman–Crippen LogP) is 5.42. The van der Waals surface area contributed by atoms with Crippen molar-refractivity contribution < 1.29 is 4.79 Å². The van der Waals surface area contributed by atoms with Gasteiger partial charge in [0.1, 0.15) is 0 Å². The third-order valence-electron chi connectivity index (χ3n) is 3.92. The van der Waals surface area contributed by atoms with E-state index in [-0.39, 0.29) is 11.7 Å². The number of carbonyl (C=O) groups excluding carboxylic acids is 1. The fourth-order valence-electron chi connectivity index (χ4n) is 2.49. The number of aryl methyl sites for hydroxylation is 1. The van der Waals surface area contributed by atoms with Gasteiger partial charge in [-0.15, -0.1) is 10.2 Å². The van der Waals surface area contributed by atoms with E-state index < -0.39 is 0 Å². The van der Waals surface area contributed by atoms with Crippen molar-refractivity contribution in [3.8, 4) is 11.4 Å². The van der Waals surface area contributed by atoms with Crippen LogP contribution in [0.4, 0.5) is 5.69 Å². The lowest BCUT2D eigenvalue weighted by Gasteiger charge is -2.09. The molecule has 140 valence electrons. The summed E-state index contributed by atoms with van der Waals surface area (Å²) >= 11 is 11.0. The summed E-state index contributed by atoms with van der Waals surface area (Å²) in [5.74, 6) is 0.908. The molecule has 0 saturated heterocycles. The Labute approximate surface area is 175 Å². The Morgan fingerprint density at radius 1 is 1.22 bits per heavy atom. The molecular weight excluding hydrogens is 448 g/mol. The van der Waals surface area contributed by atoms with Crippen LogP contribution in [-0.2, 0) is 11.3 Å². The highest BCUT2D eigenvalue weighted by molar-refractivity contribution is 9.10. The number of hydrogen-bond donors (Lipinski definition) is 1. The predicted molar refractivity (Wildman–Crippen MR) is 114 cm³/mol. The number of nitrogens with zero attached hydrogens (tertiary/aromatic N) is 3. The molecule has 3 aromatic rings. The van der Waals surface area contributed by atoms with Crippen molar-refractivity contribution in [2.45, 2.75) is 25.5 Å². The second-order valence-corrected chi connectivity index (χ2v) is 8.12. The molecular formula is C19H18BrClN4OS. The summed E-state index contributed by atoms with van der Waals surface area (Å²) in [4.78, 5) is 12.2. The van der Waals surface area contributed by atoms with E-state index in [4.69, 9.17) is 11.6 Å². The lowest BCUT2D eigenvalue weighted by atomic mass is 10.1.